The lowest BCUT2D eigenvalue weighted by atomic mass is 10.00. The van der Waals surface area contributed by atoms with Crippen molar-refractivity contribution >= 4 is 23.2 Å². The summed E-state index contributed by atoms with van der Waals surface area (Å²) in [7, 11) is 0. The third-order valence-electron chi connectivity index (χ3n) is 2.70. The molecule has 2 rings (SSSR count). The molecule has 4 heteroatoms. The van der Waals surface area contributed by atoms with E-state index in [-0.39, 0.29) is 6.04 Å². The van der Waals surface area contributed by atoms with Gasteiger partial charge in [0, 0.05) is 22.4 Å². The van der Waals surface area contributed by atoms with Crippen LogP contribution >= 0.6 is 23.2 Å². The molecule has 2 nitrogen and oxygen atoms in total. The highest BCUT2D eigenvalue weighted by atomic mass is 35.5. The van der Waals surface area contributed by atoms with Crippen molar-refractivity contribution in [2.24, 2.45) is 0 Å². The number of nitrogens with zero attached hydrogens (tertiary/aromatic N) is 1. The van der Waals surface area contributed by atoms with Gasteiger partial charge in [0.05, 0.1) is 6.04 Å². The number of pyridine rings is 1. The van der Waals surface area contributed by atoms with E-state index in [1.54, 1.807) is 12.3 Å². The zero-order valence-electron chi connectivity index (χ0n) is 10.0. The van der Waals surface area contributed by atoms with Gasteiger partial charge in [-0.25, -0.2) is 0 Å². The summed E-state index contributed by atoms with van der Waals surface area (Å²) in [5.41, 5.74) is 2.10. The Morgan fingerprint density at radius 2 is 2.11 bits per heavy atom. The average molecular weight is 281 g/mol. The Morgan fingerprint density at radius 1 is 1.28 bits per heavy atom. The monoisotopic (exact) mass is 280 g/mol. The Labute approximate surface area is 117 Å². The van der Waals surface area contributed by atoms with Gasteiger partial charge in [0.25, 0.3) is 0 Å². The molecule has 94 valence electrons. The Hall–Kier alpha value is -1.09. The standard InChI is InChI=1S/C14H14Cl2N2/c1-2-18-14(10-4-3-7-17-9-10)12-6-5-11(15)8-13(12)16/h3-9,14,18H,2H2,1H3. The van der Waals surface area contributed by atoms with Crippen LogP contribution in [0.25, 0.3) is 0 Å². The number of nitrogens with one attached hydrogen (secondary N) is 1. The van der Waals surface area contributed by atoms with Crippen molar-refractivity contribution in [1.29, 1.82) is 0 Å². The lowest BCUT2D eigenvalue weighted by Crippen LogP contribution is -2.22. The van der Waals surface area contributed by atoms with Gasteiger partial charge in [0.15, 0.2) is 0 Å². The van der Waals surface area contributed by atoms with Crippen LogP contribution in [-0.4, -0.2) is 11.5 Å². The lowest BCUT2D eigenvalue weighted by Gasteiger charge is -2.19. The highest BCUT2D eigenvalue weighted by molar-refractivity contribution is 6.35. The topological polar surface area (TPSA) is 24.9 Å². The van der Waals surface area contributed by atoms with E-state index < -0.39 is 0 Å². The molecule has 1 aromatic heterocycles. The van der Waals surface area contributed by atoms with Gasteiger partial charge in [0.1, 0.15) is 0 Å². The first-order chi connectivity index (χ1) is 8.72. The fourth-order valence-electron chi connectivity index (χ4n) is 1.89. The molecule has 1 N–H and O–H groups in total. The minimum Gasteiger partial charge on any atom is -0.306 e. The molecule has 0 amide bonds. The molecule has 1 heterocycles. The first kappa shape index (κ1) is 13.3. The number of hydrogen-bond donors (Lipinski definition) is 1. The Bertz CT molecular complexity index is 514. The van der Waals surface area contributed by atoms with Gasteiger partial charge >= 0.3 is 0 Å². The molecule has 1 unspecified atom stereocenters. The van der Waals surface area contributed by atoms with E-state index in [1.807, 2.05) is 30.5 Å². The first-order valence-electron chi connectivity index (χ1n) is 5.80. The molecule has 0 fully saturated rings. The van der Waals surface area contributed by atoms with Gasteiger partial charge in [-0.2, -0.15) is 0 Å². The van der Waals surface area contributed by atoms with Crippen LogP contribution in [0.4, 0.5) is 0 Å². The molecule has 2 aromatic rings. The summed E-state index contributed by atoms with van der Waals surface area (Å²) in [5.74, 6) is 0. The number of benzene rings is 1. The van der Waals surface area contributed by atoms with Gasteiger partial charge in [0.2, 0.25) is 0 Å². The molecule has 0 aliphatic carbocycles. The summed E-state index contributed by atoms with van der Waals surface area (Å²) in [4.78, 5) is 4.15. The van der Waals surface area contributed by atoms with E-state index in [4.69, 9.17) is 23.2 Å². The van der Waals surface area contributed by atoms with E-state index in [1.165, 1.54) is 0 Å². The molecule has 0 spiro atoms. The maximum Gasteiger partial charge on any atom is 0.0606 e. The van der Waals surface area contributed by atoms with Crippen LogP contribution in [-0.2, 0) is 0 Å². The minimum absolute atomic E-state index is 0.0356. The third-order valence-corrected chi connectivity index (χ3v) is 3.26. The van der Waals surface area contributed by atoms with Crippen LogP contribution in [0.2, 0.25) is 10.0 Å². The summed E-state index contributed by atoms with van der Waals surface area (Å²) in [6.07, 6.45) is 3.61. The molecule has 1 atom stereocenters. The van der Waals surface area contributed by atoms with Crippen molar-refractivity contribution in [2.45, 2.75) is 13.0 Å². The average Bonchev–Trinajstić information content (AvgIpc) is 2.38. The zero-order chi connectivity index (χ0) is 13.0. The second-order valence-corrected chi connectivity index (χ2v) is 4.79. The molecule has 18 heavy (non-hydrogen) atoms. The lowest BCUT2D eigenvalue weighted by molar-refractivity contribution is 0.629. The Kier molecular flexibility index (Phi) is 4.59. The highest BCUT2D eigenvalue weighted by Crippen LogP contribution is 2.30. The Morgan fingerprint density at radius 3 is 2.72 bits per heavy atom. The quantitative estimate of drug-likeness (QED) is 0.913. The van der Waals surface area contributed by atoms with Gasteiger partial charge < -0.3 is 5.32 Å². The van der Waals surface area contributed by atoms with Crippen LogP contribution in [0.15, 0.2) is 42.7 Å². The van der Waals surface area contributed by atoms with E-state index in [2.05, 4.69) is 17.2 Å². The molecular weight excluding hydrogens is 267 g/mol. The van der Waals surface area contributed by atoms with Crippen molar-refractivity contribution in [2.75, 3.05) is 6.54 Å². The van der Waals surface area contributed by atoms with Crippen LogP contribution < -0.4 is 5.32 Å². The van der Waals surface area contributed by atoms with Crippen LogP contribution in [0.3, 0.4) is 0 Å². The maximum atomic E-state index is 6.27. The number of hydrogen-bond acceptors (Lipinski definition) is 2. The maximum absolute atomic E-state index is 6.27. The molecule has 0 aliphatic heterocycles. The SMILES string of the molecule is CCNC(c1cccnc1)c1ccc(Cl)cc1Cl. The molecular formula is C14H14Cl2N2. The number of halogens is 2. The molecule has 0 saturated heterocycles. The highest BCUT2D eigenvalue weighted by Gasteiger charge is 2.16. The molecule has 0 bridgehead atoms. The summed E-state index contributed by atoms with van der Waals surface area (Å²) >= 11 is 12.2. The fourth-order valence-corrected chi connectivity index (χ4v) is 2.41. The number of aromatic nitrogens is 1. The van der Waals surface area contributed by atoms with Crippen molar-refractivity contribution < 1.29 is 0 Å². The largest absolute Gasteiger partial charge is 0.306 e. The summed E-state index contributed by atoms with van der Waals surface area (Å²) in [6, 6.07) is 9.55. The number of rotatable bonds is 4. The molecule has 0 saturated carbocycles. The van der Waals surface area contributed by atoms with E-state index >= 15 is 0 Å². The minimum atomic E-state index is 0.0356. The van der Waals surface area contributed by atoms with Crippen molar-refractivity contribution in [3.05, 3.63) is 63.9 Å². The summed E-state index contributed by atoms with van der Waals surface area (Å²) in [5, 5.41) is 4.72. The van der Waals surface area contributed by atoms with Crippen LogP contribution in [0, 0.1) is 0 Å². The molecule has 0 aliphatic rings. The van der Waals surface area contributed by atoms with Gasteiger partial charge in [-0.15, -0.1) is 0 Å². The van der Waals surface area contributed by atoms with Gasteiger partial charge in [-0.05, 0) is 35.9 Å². The zero-order valence-corrected chi connectivity index (χ0v) is 11.5. The summed E-state index contributed by atoms with van der Waals surface area (Å²) in [6.45, 7) is 2.91. The molecule has 1 aromatic carbocycles. The predicted octanol–water partition coefficient (Wildman–Crippen LogP) is 4.09. The second-order valence-electron chi connectivity index (χ2n) is 3.94. The van der Waals surface area contributed by atoms with Crippen molar-refractivity contribution in [3.8, 4) is 0 Å². The predicted molar refractivity (Wildman–Crippen MR) is 76.2 cm³/mol. The summed E-state index contributed by atoms with van der Waals surface area (Å²) < 4.78 is 0. The first-order valence-corrected chi connectivity index (χ1v) is 6.56. The third kappa shape index (κ3) is 3.02. The van der Waals surface area contributed by atoms with Crippen molar-refractivity contribution in [1.82, 2.24) is 10.3 Å². The van der Waals surface area contributed by atoms with Crippen LogP contribution in [0.1, 0.15) is 24.1 Å². The van der Waals surface area contributed by atoms with E-state index in [9.17, 15) is 0 Å². The van der Waals surface area contributed by atoms with E-state index in [0.717, 1.165) is 17.7 Å². The Balaban J connectivity index is 2.41. The van der Waals surface area contributed by atoms with Gasteiger partial charge in [-0.3, -0.25) is 4.98 Å². The van der Waals surface area contributed by atoms with Crippen LogP contribution in [0.5, 0.6) is 0 Å². The van der Waals surface area contributed by atoms with Crippen molar-refractivity contribution in [3.63, 3.8) is 0 Å². The smallest absolute Gasteiger partial charge is 0.0606 e. The van der Waals surface area contributed by atoms with E-state index in [0.29, 0.717) is 10.0 Å². The fraction of sp³-hybridized carbons (Fsp3) is 0.214. The second kappa shape index (κ2) is 6.19. The normalized spacial score (nSPS) is 12.4. The molecule has 0 radical (unpaired) electrons. The van der Waals surface area contributed by atoms with Gasteiger partial charge in [-0.1, -0.05) is 42.3 Å².